The lowest BCUT2D eigenvalue weighted by molar-refractivity contribution is -0.116. The molecule has 0 bridgehead atoms. The molecule has 1 rings (SSSR count). The third-order valence-corrected chi connectivity index (χ3v) is 1.03. The molecule has 0 atom stereocenters. The molecule has 1 fully saturated rings. The second-order valence-electron chi connectivity index (χ2n) is 1.61. The Kier molecular flexibility index (Phi) is 3.76. The fourth-order valence-electron chi connectivity index (χ4n) is 0.565. The Bertz CT molecular complexity index is 104. The van der Waals surface area contributed by atoms with E-state index in [1.54, 1.807) is 0 Å². The van der Waals surface area contributed by atoms with Gasteiger partial charge in [0.1, 0.15) is 0 Å². The zero-order chi connectivity index (χ0) is 7.28. The summed E-state index contributed by atoms with van der Waals surface area (Å²) in [5.41, 5.74) is 0.708. The summed E-state index contributed by atoms with van der Waals surface area (Å²) < 4.78 is 0. The average Bonchev–Trinajstić information content (AvgIpc) is 2.23. The Hall–Kier alpha value is -0.790. The summed E-state index contributed by atoms with van der Waals surface area (Å²) in [5, 5.41) is 2.63. The van der Waals surface area contributed by atoms with Gasteiger partial charge in [0.15, 0.2) is 0 Å². The molecule has 1 aliphatic rings. The van der Waals surface area contributed by atoms with E-state index >= 15 is 0 Å². The van der Waals surface area contributed by atoms with E-state index in [0.717, 1.165) is 13.0 Å². The molecule has 52 valence electrons. The zero-order valence-corrected chi connectivity index (χ0v) is 6.03. The second kappa shape index (κ2) is 4.13. The van der Waals surface area contributed by atoms with Crippen LogP contribution < -0.4 is 5.32 Å². The second-order valence-corrected chi connectivity index (χ2v) is 1.61. The first-order valence-corrected chi connectivity index (χ1v) is 3.26. The molecule has 0 aliphatic carbocycles. The maximum absolute atomic E-state index is 10.4. The van der Waals surface area contributed by atoms with Crippen molar-refractivity contribution in [2.45, 2.75) is 20.3 Å². The van der Waals surface area contributed by atoms with Gasteiger partial charge in [-0.3, -0.25) is 4.79 Å². The van der Waals surface area contributed by atoms with Crippen LogP contribution in [0.25, 0.3) is 0 Å². The SMILES string of the molecule is C=C1CCNC1=O.CC. The third-order valence-electron chi connectivity index (χ3n) is 1.03. The minimum Gasteiger partial charge on any atom is -0.352 e. The molecule has 0 aromatic heterocycles. The standard InChI is InChI=1S/C5H7NO.C2H6/c1-4-2-3-6-5(4)7;1-2/h1-3H2,(H,6,7);1-2H3. The lowest BCUT2D eigenvalue weighted by Gasteiger charge is -1.82. The lowest BCUT2D eigenvalue weighted by atomic mass is 10.3. The van der Waals surface area contributed by atoms with Crippen LogP contribution >= 0.6 is 0 Å². The molecule has 0 unspecified atom stereocenters. The van der Waals surface area contributed by atoms with Crippen molar-refractivity contribution in [1.82, 2.24) is 5.32 Å². The smallest absolute Gasteiger partial charge is 0.246 e. The Morgan fingerprint density at radius 1 is 1.56 bits per heavy atom. The highest BCUT2D eigenvalue weighted by atomic mass is 16.1. The van der Waals surface area contributed by atoms with Gasteiger partial charge in [-0.1, -0.05) is 20.4 Å². The van der Waals surface area contributed by atoms with Gasteiger partial charge in [0.05, 0.1) is 0 Å². The van der Waals surface area contributed by atoms with Crippen molar-refractivity contribution in [3.05, 3.63) is 12.2 Å². The van der Waals surface area contributed by atoms with Gasteiger partial charge < -0.3 is 5.32 Å². The average molecular weight is 127 g/mol. The summed E-state index contributed by atoms with van der Waals surface area (Å²) in [6.07, 6.45) is 0.818. The van der Waals surface area contributed by atoms with Gasteiger partial charge >= 0.3 is 0 Å². The molecular formula is C7H13NO. The third kappa shape index (κ3) is 2.31. The topological polar surface area (TPSA) is 29.1 Å². The summed E-state index contributed by atoms with van der Waals surface area (Å²) in [6.45, 7) is 8.30. The number of amides is 1. The Morgan fingerprint density at radius 2 is 2.11 bits per heavy atom. The van der Waals surface area contributed by atoms with E-state index in [-0.39, 0.29) is 5.91 Å². The monoisotopic (exact) mass is 127 g/mol. The van der Waals surface area contributed by atoms with Crippen LogP contribution in [0.1, 0.15) is 20.3 Å². The molecule has 2 heteroatoms. The van der Waals surface area contributed by atoms with Crippen molar-refractivity contribution in [3.8, 4) is 0 Å². The van der Waals surface area contributed by atoms with E-state index in [1.807, 2.05) is 13.8 Å². The van der Waals surface area contributed by atoms with Crippen molar-refractivity contribution in [1.29, 1.82) is 0 Å². The van der Waals surface area contributed by atoms with Crippen LogP contribution in [-0.4, -0.2) is 12.5 Å². The summed E-state index contributed by atoms with van der Waals surface area (Å²) in [4.78, 5) is 10.4. The van der Waals surface area contributed by atoms with Crippen LogP contribution in [-0.2, 0) is 4.79 Å². The summed E-state index contributed by atoms with van der Waals surface area (Å²) >= 11 is 0. The van der Waals surface area contributed by atoms with Crippen LogP contribution in [0.5, 0.6) is 0 Å². The number of carbonyl (C=O) groups is 1. The Labute approximate surface area is 56.0 Å². The van der Waals surface area contributed by atoms with Crippen molar-refractivity contribution in [2.75, 3.05) is 6.54 Å². The van der Waals surface area contributed by atoms with Crippen LogP contribution in [0.4, 0.5) is 0 Å². The van der Waals surface area contributed by atoms with Crippen LogP contribution in [0.15, 0.2) is 12.2 Å². The molecule has 1 N–H and O–H groups in total. The van der Waals surface area contributed by atoms with E-state index in [9.17, 15) is 4.79 Å². The highest BCUT2D eigenvalue weighted by molar-refractivity contribution is 5.94. The van der Waals surface area contributed by atoms with Crippen molar-refractivity contribution in [2.24, 2.45) is 0 Å². The molecule has 0 aromatic rings. The number of hydrogen-bond donors (Lipinski definition) is 1. The molecule has 1 heterocycles. The first kappa shape index (κ1) is 8.21. The fraction of sp³-hybridized carbons (Fsp3) is 0.571. The van der Waals surface area contributed by atoms with E-state index < -0.39 is 0 Å². The normalized spacial score (nSPS) is 16.2. The van der Waals surface area contributed by atoms with Crippen LogP contribution in [0.2, 0.25) is 0 Å². The molecule has 2 nitrogen and oxygen atoms in total. The maximum atomic E-state index is 10.4. The molecular weight excluding hydrogens is 114 g/mol. The molecule has 9 heavy (non-hydrogen) atoms. The molecule has 1 aliphatic heterocycles. The van der Waals surface area contributed by atoms with E-state index in [4.69, 9.17) is 0 Å². The van der Waals surface area contributed by atoms with E-state index in [2.05, 4.69) is 11.9 Å². The predicted octanol–water partition coefficient (Wildman–Crippen LogP) is 1.09. The first-order valence-electron chi connectivity index (χ1n) is 3.26. The van der Waals surface area contributed by atoms with Gasteiger partial charge in [-0.15, -0.1) is 0 Å². The van der Waals surface area contributed by atoms with Gasteiger partial charge in [0.2, 0.25) is 5.91 Å². The fourth-order valence-corrected chi connectivity index (χ4v) is 0.565. The number of rotatable bonds is 0. The van der Waals surface area contributed by atoms with Gasteiger partial charge in [0.25, 0.3) is 0 Å². The lowest BCUT2D eigenvalue weighted by Crippen LogP contribution is -2.13. The van der Waals surface area contributed by atoms with Gasteiger partial charge in [-0.05, 0) is 6.42 Å². The number of hydrogen-bond acceptors (Lipinski definition) is 1. The predicted molar refractivity (Wildman–Crippen MR) is 38.1 cm³/mol. The van der Waals surface area contributed by atoms with Crippen molar-refractivity contribution in [3.63, 3.8) is 0 Å². The maximum Gasteiger partial charge on any atom is 0.246 e. The van der Waals surface area contributed by atoms with Crippen LogP contribution in [0, 0.1) is 0 Å². The molecule has 1 saturated heterocycles. The van der Waals surface area contributed by atoms with E-state index in [1.165, 1.54) is 0 Å². The molecule has 0 saturated carbocycles. The van der Waals surface area contributed by atoms with Crippen LogP contribution in [0.3, 0.4) is 0 Å². The summed E-state index contributed by atoms with van der Waals surface area (Å²) in [7, 11) is 0. The molecule has 0 radical (unpaired) electrons. The molecule has 1 amide bonds. The van der Waals surface area contributed by atoms with Crippen molar-refractivity contribution < 1.29 is 4.79 Å². The van der Waals surface area contributed by atoms with Gasteiger partial charge in [-0.2, -0.15) is 0 Å². The van der Waals surface area contributed by atoms with Gasteiger partial charge in [0, 0.05) is 12.1 Å². The largest absolute Gasteiger partial charge is 0.352 e. The minimum atomic E-state index is 0.0139. The van der Waals surface area contributed by atoms with Crippen molar-refractivity contribution >= 4 is 5.91 Å². The highest BCUT2D eigenvalue weighted by Crippen LogP contribution is 2.01. The molecule has 0 spiro atoms. The first-order chi connectivity index (χ1) is 4.30. The number of nitrogens with one attached hydrogen (secondary N) is 1. The number of carbonyl (C=O) groups excluding carboxylic acids is 1. The minimum absolute atomic E-state index is 0.0139. The molecule has 0 aromatic carbocycles. The Morgan fingerprint density at radius 3 is 2.22 bits per heavy atom. The summed E-state index contributed by atoms with van der Waals surface area (Å²) in [5.74, 6) is 0.0139. The van der Waals surface area contributed by atoms with Gasteiger partial charge in [-0.25, -0.2) is 0 Å². The quantitative estimate of drug-likeness (QED) is 0.485. The summed E-state index contributed by atoms with van der Waals surface area (Å²) in [6, 6.07) is 0. The van der Waals surface area contributed by atoms with E-state index in [0.29, 0.717) is 5.57 Å². The zero-order valence-electron chi connectivity index (χ0n) is 6.03. The Balaban J connectivity index is 0.000000291. The highest BCUT2D eigenvalue weighted by Gasteiger charge is 2.11.